The summed E-state index contributed by atoms with van der Waals surface area (Å²) in [6.07, 6.45) is -1.02. The van der Waals surface area contributed by atoms with E-state index in [9.17, 15) is 9.90 Å². The van der Waals surface area contributed by atoms with Gasteiger partial charge in [-0.15, -0.1) is 0 Å². The van der Waals surface area contributed by atoms with Crippen LogP contribution in [0.4, 0.5) is 0 Å². The summed E-state index contributed by atoms with van der Waals surface area (Å²) in [7, 11) is 0. The van der Waals surface area contributed by atoms with Crippen LogP contribution in [0.1, 0.15) is 15.9 Å². The molecule has 0 saturated carbocycles. The van der Waals surface area contributed by atoms with Crippen molar-refractivity contribution in [3.8, 4) is 5.75 Å². The Kier molecular flexibility index (Phi) is 4.74. The van der Waals surface area contributed by atoms with Gasteiger partial charge in [0.1, 0.15) is 12.4 Å². The lowest BCUT2D eigenvalue weighted by atomic mass is 10.2. The van der Waals surface area contributed by atoms with Gasteiger partial charge in [-0.1, -0.05) is 35.9 Å². The number of esters is 1. The Morgan fingerprint density at radius 3 is 2.35 bits per heavy atom. The summed E-state index contributed by atoms with van der Waals surface area (Å²) in [6.45, 7) is 1.55. The number of carbonyl (C=O) groups is 1. The fourth-order valence-corrected chi connectivity index (χ4v) is 1.63. The average molecular weight is 272 g/mol. The Morgan fingerprint density at radius 2 is 1.75 bits per heavy atom. The number of benzene rings is 2. The van der Waals surface area contributed by atoms with E-state index < -0.39 is 18.9 Å². The van der Waals surface area contributed by atoms with Gasteiger partial charge in [0.05, 0.1) is 5.56 Å². The number of aryl methyl sites for hydroxylation is 1. The maximum absolute atomic E-state index is 11.8. The third-order valence-corrected chi connectivity index (χ3v) is 2.69. The van der Waals surface area contributed by atoms with Gasteiger partial charge in [0.15, 0.2) is 0 Å². The molecule has 4 heteroatoms. The highest BCUT2D eigenvalue weighted by atomic mass is 16.7. The lowest BCUT2D eigenvalue weighted by molar-refractivity contribution is -0.0744. The molecule has 2 aromatic rings. The fraction of sp³-hybridized carbons (Fsp3) is 0.188. The number of hydrogen-bond donors (Lipinski definition) is 1. The molecule has 1 atom stereocenters. The van der Waals surface area contributed by atoms with E-state index in [1.165, 1.54) is 0 Å². The predicted octanol–water partition coefficient (Wildman–Crippen LogP) is 2.55. The van der Waals surface area contributed by atoms with E-state index in [4.69, 9.17) is 9.47 Å². The third-order valence-electron chi connectivity index (χ3n) is 2.69. The van der Waals surface area contributed by atoms with Crippen molar-refractivity contribution < 1.29 is 19.4 Å². The van der Waals surface area contributed by atoms with Crippen LogP contribution < -0.4 is 4.74 Å². The van der Waals surface area contributed by atoms with E-state index in [0.29, 0.717) is 11.3 Å². The molecule has 0 aromatic heterocycles. The molecule has 2 aromatic carbocycles. The first kappa shape index (κ1) is 14.1. The van der Waals surface area contributed by atoms with E-state index >= 15 is 0 Å². The van der Waals surface area contributed by atoms with Gasteiger partial charge in [0, 0.05) is 0 Å². The van der Waals surface area contributed by atoms with Crippen LogP contribution in [-0.4, -0.2) is 24.0 Å². The van der Waals surface area contributed by atoms with Crippen molar-refractivity contribution in [1.82, 2.24) is 0 Å². The summed E-state index contributed by atoms with van der Waals surface area (Å²) >= 11 is 0. The molecule has 1 N–H and O–H groups in total. The quantitative estimate of drug-likeness (QED) is 0.671. The number of carbonyl (C=O) groups excluding carboxylic acids is 1. The molecule has 0 radical (unpaired) electrons. The molecule has 20 heavy (non-hydrogen) atoms. The van der Waals surface area contributed by atoms with E-state index in [1.807, 2.05) is 25.1 Å². The Bertz CT molecular complexity index is 548. The van der Waals surface area contributed by atoms with E-state index in [2.05, 4.69) is 0 Å². The summed E-state index contributed by atoms with van der Waals surface area (Å²) in [6, 6.07) is 15.8. The molecule has 0 aliphatic carbocycles. The molecule has 0 aliphatic heterocycles. The summed E-state index contributed by atoms with van der Waals surface area (Å²) in [5.74, 6) is 0.00673. The fourth-order valence-electron chi connectivity index (χ4n) is 1.63. The van der Waals surface area contributed by atoms with Gasteiger partial charge in [-0.25, -0.2) is 4.79 Å². The number of hydrogen-bond acceptors (Lipinski definition) is 4. The van der Waals surface area contributed by atoms with Gasteiger partial charge in [0.2, 0.25) is 0 Å². The van der Waals surface area contributed by atoms with Crippen molar-refractivity contribution in [1.29, 1.82) is 0 Å². The highest BCUT2D eigenvalue weighted by Crippen LogP contribution is 2.14. The largest absolute Gasteiger partial charge is 0.452 e. The van der Waals surface area contributed by atoms with Gasteiger partial charge < -0.3 is 14.6 Å². The zero-order valence-electron chi connectivity index (χ0n) is 11.2. The Hall–Kier alpha value is -2.33. The standard InChI is InChI=1S/C16H16O4/c1-12-7-9-14(10-8-12)19-15(11-17)20-16(18)13-5-3-2-4-6-13/h2-10,15,17H,11H2,1H3. The van der Waals surface area contributed by atoms with Crippen molar-refractivity contribution in [3.63, 3.8) is 0 Å². The number of aliphatic hydroxyl groups is 1. The molecule has 0 heterocycles. The molecule has 2 rings (SSSR count). The normalized spacial score (nSPS) is 11.7. The van der Waals surface area contributed by atoms with Crippen LogP contribution in [-0.2, 0) is 4.74 Å². The van der Waals surface area contributed by atoms with Crippen LogP contribution in [0.2, 0.25) is 0 Å². The second-order valence-electron chi connectivity index (χ2n) is 4.31. The summed E-state index contributed by atoms with van der Waals surface area (Å²) in [4.78, 5) is 11.8. The van der Waals surface area contributed by atoms with Crippen molar-refractivity contribution in [3.05, 3.63) is 65.7 Å². The first-order valence-electron chi connectivity index (χ1n) is 6.29. The van der Waals surface area contributed by atoms with Crippen molar-refractivity contribution >= 4 is 5.97 Å². The van der Waals surface area contributed by atoms with Crippen molar-refractivity contribution in [2.75, 3.05) is 6.61 Å². The lowest BCUT2D eigenvalue weighted by Gasteiger charge is -2.17. The average Bonchev–Trinajstić information content (AvgIpc) is 2.49. The number of ether oxygens (including phenoxy) is 2. The molecule has 0 amide bonds. The Morgan fingerprint density at radius 1 is 1.10 bits per heavy atom. The van der Waals surface area contributed by atoms with Crippen LogP contribution in [0.3, 0.4) is 0 Å². The molecular formula is C16H16O4. The maximum Gasteiger partial charge on any atom is 0.341 e. The van der Waals surface area contributed by atoms with Crippen LogP contribution in [0.15, 0.2) is 54.6 Å². The molecule has 0 fully saturated rings. The molecule has 0 aliphatic rings. The monoisotopic (exact) mass is 272 g/mol. The van der Waals surface area contributed by atoms with Gasteiger partial charge >= 0.3 is 5.97 Å². The minimum Gasteiger partial charge on any atom is -0.452 e. The highest BCUT2D eigenvalue weighted by molar-refractivity contribution is 5.89. The number of aliphatic hydroxyl groups excluding tert-OH is 1. The van der Waals surface area contributed by atoms with E-state index in [0.717, 1.165) is 5.56 Å². The molecule has 1 unspecified atom stereocenters. The highest BCUT2D eigenvalue weighted by Gasteiger charge is 2.16. The smallest absolute Gasteiger partial charge is 0.341 e. The molecule has 104 valence electrons. The summed E-state index contributed by atoms with van der Waals surface area (Å²) in [5.41, 5.74) is 1.51. The van der Waals surface area contributed by atoms with Crippen LogP contribution in [0, 0.1) is 6.92 Å². The summed E-state index contributed by atoms with van der Waals surface area (Å²) < 4.78 is 10.5. The summed E-state index contributed by atoms with van der Waals surface area (Å²) in [5, 5.41) is 9.24. The van der Waals surface area contributed by atoms with E-state index in [-0.39, 0.29) is 0 Å². The Balaban J connectivity index is 1.99. The van der Waals surface area contributed by atoms with Crippen LogP contribution in [0.5, 0.6) is 5.75 Å². The van der Waals surface area contributed by atoms with Gasteiger partial charge in [-0.3, -0.25) is 0 Å². The second-order valence-corrected chi connectivity index (χ2v) is 4.31. The zero-order valence-corrected chi connectivity index (χ0v) is 11.2. The maximum atomic E-state index is 11.8. The Labute approximate surface area is 117 Å². The van der Waals surface area contributed by atoms with Gasteiger partial charge in [-0.2, -0.15) is 0 Å². The minimum absolute atomic E-state index is 0.410. The first-order valence-corrected chi connectivity index (χ1v) is 6.29. The topological polar surface area (TPSA) is 55.8 Å². The van der Waals surface area contributed by atoms with Crippen LogP contribution in [0.25, 0.3) is 0 Å². The van der Waals surface area contributed by atoms with Gasteiger partial charge in [-0.05, 0) is 31.2 Å². The SMILES string of the molecule is Cc1ccc(OC(CO)OC(=O)c2ccccc2)cc1. The minimum atomic E-state index is -1.02. The second kappa shape index (κ2) is 6.73. The molecule has 0 saturated heterocycles. The number of rotatable bonds is 5. The van der Waals surface area contributed by atoms with E-state index in [1.54, 1.807) is 36.4 Å². The molecule has 0 spiro atoms. The lowest BCUT2D eigenvalue weighted by Crippen LogP contribution is -2.28. The van der Waals surface area contributed by atoms with Crippen molar-refractivity contribution in [2.24, 2.45) is 0 Å². The third kappa shape index (κ3) is 3.83. The molecule has 0 bridgehead atoms. The van der Waals surface area contributed by atoms with Gasteiger partial charge in [0.25, 0.3) is 6.29 Å². The zero-order chi connectivity index (χ0) is 14.4. The van der Waals surface area contributed by atoms with Crippen LogP contribution >= 0.6 is 0 Å². The van der Waals surface area contributed by atoms with Crippen molar-refractivity contribution in [2.45, 2.75) is 13.2 Å². The first-order chi connectivity index (χ1) is 9.69. The predicted molar refractivity (Wildman–Crippen MR) is 74.5 cm³/mol. The molecular weight excluding hydrogens is 256 g/mol. The molecule has 4 nitrogen and oxygen atoms in total.